The molecule has 152 valence electrons. The highest BCUT2D eigenvalue weighted by Crippen LogP contribution is 2.34. The monoisotopic (exact) mass is 457 g/mol. The standard InChI is InChI=1S/C14H12ClN7O5S2/c15-10-5-12(23)11(6-13(10)29(18,26)27)20-22-14(7-16)21-19-8-1-3-9(4-2-8)28(17,24)25/h1-6,19,23H,(H2,17,24,25)(H2,18,26,27)/b21-14+,22-20?. The number of phenols is 1. The Balaban J connectivity index is 2.26. The number of benzene rings is 2. The molecule has 0 aliphatic heterocycles. The van der Waals surface area contributed by atoms with Gasteiger partial charge in [-0.3, -0.25) is 5.43 Å². The predicted octanol–water partition coefficient (Wildman–Crippen LogP) is 1.37. The van der Waals surface area contributed by atoms with Crippen molar-refractivity contribution in [3.63, 3.8) is 0 Å². The van der Waals surface area contributed by atoms with Gasteiger partial charge in [0, 0.05) is 6.07 Å². The van der Waals surface area contributed by atoms with E-state index < -0.39 is 36.5 Å². The Labute approximate surface area is 170 Å². The van der Waals surface area contributed by atoms with Gasteiger partial charge in [0.2, 0.25) is 20.0 Å². The average Bonchev–Trinajstić information content (AvgIpc) is 2.61. The maximum Gasteiger partial charge on any atom is 0.270 e. The van der Waals surface area contributed by atoms with Crippen molar-refractivity contribution in [2.75, 3.05) is 5.43 Å². The highest BCUT2D eigenvalue weighted by atomic mass is 35.5. The number of sulfonamides is 2. The predicted molar refractivity (Wildman–Crippen MR) is 103 cm³/mol. The second kappa shape index (κ2) is 8.51. The molecule has 0 heterocycles. The quantitative estimate of drug-likeness (QED) is 0.223. The van der Waals surface area contributed by atoms with Crippen LogP contribution in [0.1, 0.15) is 0 Å². The number of aromatic hydroxyl groups is 1. The average molecular weight is 458 g/mol. The zero-order valence-corrected chi connectivity index (χ0v) is 16.6. The van der Waals surface area contributed by atoms with Gasteiger partial charge in [0.25, 0.3) is 5.84 Å². The van der Waals surface area contributed by atoms with Crippen LogP contribution in [0.4, 0.5) is 11.4 Å². The Morgan fingerprint density at radius 1 is 1.10 bits per heavy atom. The fourth-order valence-corrected chi connectivity index (χ4v) is 3.44. The summed E-state index contributed by atoms with van der Waals surface area (Å²) >= 11 is 5.71. The molecular weight excluding hydrogens is 446 g/mol. The first-order valence-electron chi connectivity index (χ1n) is 7.25. The Morgan fingerprint density at radius 2 is 1.72 bits per heavy atom. The minimum Gasteiger partial charge on any atom is -0.506 e. The number of hydrogen-bond acceptors (Lipinski definition) is 9. The molecule has 2 aromatic carbocycles. The second-order valence-corrected chi connectivity index (χ2v) is 8.74. The summed E-state index contributed by atoms with van der Waals surface area (Å²) in [5, 5.41) is 39.2. The normalized spacial score (nSPS) is 12.7. The van der Waals surface area contributed by atoms with Gasteiger partial charge in [-0.05, 0) is 30.3 Å². The molecule has 0 radical (unpaired) electrons. The summed E-state index contributed by atoms with van der Waals surface area (Å²) in [6, 6.07) is 8.54. The topological polar surface area (TPSA) is 213 Å². The number of nitrogens with one attached hydrogen (secondary N) is 1. The van der Waals surface area contributed by atoms with Crippen LogP contribution in [0.15, 0.2) is 61.5 Å². The highest BCUT2D eigenvalue weighted by Gasteiger charge is 2.17. The molecule has 0 aliphatic rings. The molecule has 29 heavy (non-hydrogen) atoms. The van der Waals surface area contributed by atoms with Crippen LogP contribution in [0.5, 0.6) is 5.75 Å². The number of anilines is 1. The van der Waals surface area contributed by atoms with Crippen molar-refractivity contribution >= 4 is 48.9 Å². The number of hydrazone groups is 1. The van der Waals surface area contributed by atoms with Crippen LogP contribution in [0.25, 0.3) is 0 Å². The smallest absolute Gasteiger partial charge is 0.270 e. The zero-order chi connectivity index (χ0) is 21.8. The van der Waals surface area contributed by atoms with Gasteiger partial charge in [0.15, 0.2) is 0 Å². The lowest BCUT2D eigenvalue weighted by atomic mass is 10.3. The number of rotatable bonds is 5. The molecule has 0 amide bonds. The Bertz CT molecular complexity index is 1250. The molecule has 0 bridgehead atoms. The minimum atomic E-state index is -4.18. The molecule has 15 heteroatoms. The number of primary sulfonamides is 2. The first kappa shape index (κ1) is 22.2. The number of azo groups is 1. The van der Waals surface area contributed by atoms with E-state index in [-0.39, 0.29) is 15.6 Å². The van der Waals surface area contributed by atoms with Crippen LogP contribution in [0.3, 0.4) is 0 Å². The summed E-state index contributed by atoms with van der Waals surface area (Å²) in [5.41, 5.74) is 2.44. The third-order valence-corrected chi connectivity index (χ3v) is 5.47. The number of phenolic OH excluding ortho intramolecular Hbond substituents is 1. The van der Waals surface area contributed by atoms with Crippen molar-refractivity contribution in [2.45, 2.75) is 9.79 Å². The highest BCUT2D eigenvalue weighted by molar-refractivity contribution is 7.89. The van der Waals surface area contributed by atoms with E-state index in [0.717, 1.165) is 12.1 Å². The van der Waals surface area contributed by atoms with Crippen molar-refractivity contribution in [1.29, 1.82) is 5.26 Å². The van der Waals surface area contributed by atoms with Gasteiger partial charge in [0.05, 0.1) is 15.6 Å². The van der Waals surface area contributed by atoms with E-state index in [1.165, 1.54) is 24.3 Å². The molecule has 0 saturated heterocycles. The lowest BCUT2D eigenvalue weighted by Crippen LogP contribution is -2.12. The number of nitrogens with two attached hydrogens (primary N) is 2. The van der Waals surface area contributed by atoms with Crippen LogP contribution in [0.2, 0.25) is 5.02 Å². The van der Waals surface area contributed by atoms with Gasteiger partial charge in [-0.15, -0.1) is 15.3 Å². The van der Waals surface area contributed by atoms with Crippen LogP contribution >= 0.6 is 11.6 Å². The van der Waals surface area contributed by atoms with Gasteiger partial charge in [-0.2, -0.15) is 5.26 Å². The summed E-state index contributed by atoms with van der Waals surface area (Å²) in [4.78, 5) is -0.606. The lowest BCUT2D eigenvalue weighted by Gasteiger charge is -2.04. The van der Waals surface area contributed by atoms with E-state index in [4.69, 9.17) is 27.1 Å². The van der Waals surface area contributed by atoms with Crippen molar-refractivity contribution in [2.24, 2.45) is 25.6 Å². The number of halogens is 1. The summed E-state index contributed by atoms with van der Waals surface area (Å²) in [6.07, 6.45) is 0. The van der Waals surface area contributed by atoms with Gasteiger partial charge in [0.1, 0.15) is 22.4 Å². The third-order valence-electron chi connectivity index (χ3n) is 3.16. The van der Waals surface area contributed by atoms with E-state index in [0.29, 0.717) is 5.69 Å². The van der Waals surface area contributed by atoms with Crippen LogP contribution in [-0.2, 0) is 20.0 Å². The van der Waals surface area contributed by atoms with E-state index in [2.05, 4.69) is 20.8 Å². The fraction of sp³-hybridized carbons (Fsp3) is 0. The van der Waals surface area contributed by atoms with Gasteiger partial charge >= 0.3 is 0 Å². The van der Waals surface area contributed by atoms with Gasteiger partial charge in [-0.1, -0.05) is 11.6 Å². The Morgan fingerprint density at radius 3 is 2.24 bits per heavy atom. The lowest BCUT2D eigenvalue weighted by molar-refractivity contribution is 0.476. The molecule has 0 unspecified atom stereocenters. The first-order valence-corrected chi connectivity index (χ1v) is 10.7. The second-order valence-electron chi connectivity index (χ2n) is 5.24. The van der Waals surface area contributed by atoms with E-state index in [1.54, 1.807) is 6.07 Å². The number of nitriles is 1. The Kier molecular flexibility index (Phi) is 6.51. The van der Waals surface area contributed by atoms with Gasteiger partial charge < -0.3 is 5.11 Å². The molecule has 0 aliphatic carbocycles. The summed E-state index contributed by atoms with van der Waals surface area (Å²) in [5.74, 6) is -0.998. The molecule has 0 atom stereocenters. The molecule has 2 rings (SSSR count). The SMILES string of the molecule is N#C/C(N=Nc1cc(S(N)(=O)=O)c(Cl)cc1O)=N\Nc1ccc(S(N)(=O)=O)cc1. The van der Waals surface area contributed by atoms with Crippen molar-refractivity contribution in [3.8, 4) is 11.8 Å². The molecule has 0 saturated carbocycles. The molecule has 2 aromatic rings. The minimum absolute atomic E-state index is 0.115. The van der Waals surface area contributed by atoms with Crippen LogP contribution in [0, 0.1) is 11.3 Å². The maximum atomic E-state index is 11.5. The van der Waals surface area contributed by atoms with Crippen molar-refractivity contribution < 1.29 is 21.9 Å². The zero-order valence-electron chi connectivity index (χ0n) is 14.2. The largest absolute Gasteiger partial charge is 0.506 e. The van der Waals surface area contributed by atoms with Crippen molar-refractivity contribution in [3.05, 3.63) is 41.4 Å². The van der Waals surface area contributed by atoms with E-state index in [1.807, 2.05) is 0 Å². The Hall–Kier alpha value is -3.09. The summed E-state index contributed by atoms with van der Waals surface area (Å²) in [6.45, 7) is 0. The van der Waals surface area contributed by atoms with Gasteiger partial charge in [-0.25, -0.2) is 27.1 Å². The third kappa shape index (κ3) is 5.94. The molecule has 6 N–H and O–H groups in total. The summed E-state index contributed by atoms with van der Waals surface area (Å²) in [7, 11) is -8.03. The number of hydrogen-bond donors (Lipinski definition) is 4. The molecular formula is C14H12ClN7O5S2. The molecule has 0 spiro atoms. The van der Waals surface area contributed by atoms with E-state index >= 15 is 0 Å². The van der Waals surface area contributed by atoms with Crippen LogP contribution < -0.4 is 15.7 Å². The molecule has 0 aromatic heterocycles. The molecule has 0 fully saturated rings. The first-order chi connectivity index (χ1) is 13.4. The number of amidine groups is 1. The van der Waals surface area contributed by atoms with Crippen molar-refractivity contribution in [1.82, 2.24) is 0 Å². The number of nitrogens with zero attached hydrogens (tertiary/aromatic N) is 4. The molecule has 12 nitrogen and oxygen atoms in total. The fourth-order valence-electron chi connectivity index (χ4n) is 1.84. The summed E-state index contributed by atoms with van der Waals surface area (Å²) < 4.78 is 45.3. The van der Waals surface area contributed by atoms with Crippen LogP contribution in [-0.4, -0.2) is 27.8 Å². The van der Waals surface area contributed by atoms with E-state index in [9.17, 15) is 21.9 Å². The maximum absolute atomic E-state index is 11.5.